The third kappa shape index (κ3) is 3.83. The van der Waals surface area contributed by atoms with Gasteiger partial charge in [0.1, 0.15) is 0 Å². The van der Waals surface area contributed by atoms with Gasteiger partial charge in [0.25, 0.3) is 0 Å². The van der Waals surface area contributed by atoms with Crippen LogP contribution in [0.1, 0.15) is 59.3 Å². The Bertz CT molecular complexity index is 324. The summed E-state index contributed by atoms with van der Waals surface area (Å²) < 4.78 is 18.7. The number of hydrogen-bond acceptors (Lipinski definition) is 3. The molecule has 1 aliphatic heterocycles. The summed E-state index contributed by atoms with van der Waals surface area (Å²) in [6, 6.07) is 0.450. The number of ether oxygens (including phenoxy) is 1. The van der Waals surface area contributed by atoms with Crippen LogP contribution in [-0.4, -0.2) is 40.0 Å². The van der Waals surface area contributed by atoms with Gasteiger partial charge in [0.2, 0.25) is 0 Å². The van der Waals surface area contributed by atoms with Crippen LogP contribution < -0.4 is 5.32 Å². The molecule has 20 heavy (non-hydrogen) atoms. The van der Waals surface area contributed by atoms with Gasteiger partial charge in [-0.05, 0) is 51.5 Å². The fourth-order valence-corrected chi connectivity index (χ4v) is 5.90. The van der Waals surface area contributed by atoms with Gasteiger partial charge in [-0.25, -0.2) is 0 Å². The fraction of sp³-hybridized carbons (Fsp3) is 1.00. The van der Waals surface area contributed by atoms with E-state index in [0.29, 0.717) is 11.3 Å². The lowest BCUT2D eigenvalue weighted by molar-refractivity contribution is 0.126. The minimum atomic E-state index is -0.755. The van der Waals surface area contributed by atoms with E-state index in [-0.39, 0.29) is 11.4 Å². The second-order valence-electron chi connectivity index (χ2n) is 6.42. The Morgan fingerprint density at radius 2 is 2.00 bits per heavy atom. The van der Waals surface area contributed by atoms with Crippen molar-refractivity contribution in [1.82, 2.24) is 5.32 Å². The van der Waals surface area contributed by atoms with E-state index < -0.39 is 10.8 Å². The second kappa shape index (κ2) is 7.90. The van der Waals surface area contributed by atoms with Crippen LogP contribution in [0.25, 0.3) is 0 Å². The maximum Gasteiger partial charge on any atom is 0.0691 e. The molecule has 1 heterocycles. The molecule has 4 heteroatoms. The SMILES string of the molecule is CCCNC1CCC(CC)CC1S(=O)C1CCOC1C. The van der Waals surface area contributed by atoms with Crippen LogP contribution in [0, 0.1) is 5.92 Å². The first-order valence-corrected chi connectivity index (χ1v) is 9.69. The number of nitrogens with one attached hydrogen (secondary N) is 1. The molecule has 0 aromatic heterocycles. The van der Waals surface area contributed by atoms with Gasteiger partial charge < -0.3 is 10.1 Å². The van der Waals surface area contributed by atoms with Gasteiger partial charge in [-0.2, -0.15) is 0 Å². The molecule has 0 bridgehead atoms. The van der Waals surface area contributed by atoms with Gasteiger partial charge in [0, 0.05) is 23.4 Å². The molecule has 1 aliphatic carbocycles. The van der Waals surface area contributed by atoms with Crippen molar-refractivity contribution >= 4 is 10.8 Å². The monoisotopic (exact) mass is 301 g/mol. The zero-order chi connectivity index (χ0) is 14.5. The van der Waals surface area contributed by atoms with Crippen LogP contribution in [0.5, 0.6) is 0 Å². The molecular weight excluding hydrogens is 270 g/mol. The predicted molar refractivity (Wildman–Crippen MR) is 85.5 cm³/mol. The minimum Gasteiger partial charge on any atom is -0.377 e. The third-order valence-corrected chi connectivity index (χ3v) is 7.37. The van der Waals surface area contributed by atoms with Crippen molar-refractivity contribution in [2.75, 3.05) is 13.2 Å². The molecule has 0 spiro atoms. The third-order valence-electron chi connectivity index (χ3n) is 5.04. The first kappa shape index (κ1) is 16.4. The molecule has 2 fully saturated rings. The molecule has 6 atom stereocenters. The van der Waals surface area contributed by atoms with Crippen molar-refractivity contribution in [3.05, 3.63) is 0 Å². The topological polar surface area (TPSA) is 38.3 Å². The van der Waals surface area contributed by atoms with Crippen LogP contribution in [0.3, 0.4) is 0 Å². The summed E-state index contributed by atoms with van der Waals surface area (Å²) in [5.41, 5.74) is 0. The Kier molecular flexibility index (Phi) is 6.50. The van der Waals surface area contributed by atoms with E-state index in [4.69, 9.17) is 4.74 Å². The van der Waals surface area contributed by atoms with Gasteiger partial charge in [0.15, 0.2) is 0 Å². The van der Waals surface area contributed by atoms with E-state index in [0.717, 1.165) is 38.3 Å². The Labute approximate surface area is 126 Å². The molecule has 0 aromatic carbocycles. The van der Waals surface area contributed by atoms with E-state index in [9.17, 15) is 4.21 Å². The zero-order valence-electron chi connectivity index (χ0n) is 13.3. The van der Waals surface area contributed by atoms with Gasteiger partial charge in [-0.15, -0.1) is 0 Å². The largest absolute Gasteiger partial charge is 0.377 e. The molecule has 118 valence electrons. The van der Waals surface area contributed by atoms with Crippen LogP contribution in [0.4, 0.5) is 0 Å². The molecular formula is C16H31NO2S. The molecule has 0 radical (unpaired) electrons. The zero-order valence-corrected chi connectivity index (χ0v) is 14.1. The Morgan fingerprint density at radius 1 is 1.20 bits per heavy atom. The average molecular weight is 301 g/mol. The fourth-order valence-electron chi connectivity index (χ4n) is 3.64. The van der Waals surface area contributed by atoms with Gasteiger partial charge in [-0.1, -0.05) is 20.3 Å². The molecule has 2 rings (SSSR count). The van der Waals surface area contributed by atoms with Crippen LogP contribution >= 0.6 is 0 Å². The molecule has 3 nitrogen and oxygen atoms in total. The predicted octanol–water partition coefficient (Wildman–Crippen LogP) is 2.86. The standard InChI is InChI=1S/C16H31NO2S/c1-4-9-17-14-7-6-13(5-2)11-16(14)20(18)15-8-10-19-12(15)3/h12-17H,4-11H2,1-3H3. The Hall–Kier alpha value is 0.0700. The van der Waals surface area contributed by atoms with E-state index in [1.165, 1.54) is 19.3 Å². The van der Waals surface area contributed by atoms with Crippen molar-refractivity contribution in [3.8, 4) is 0 Å². The molecule has 0 aromatic rings. The Balaban J connectivity index is 2.03. The van der Waals surface area contributed by atoms with E-state index in [1.54, 1.807) is 0 Å². The number of hydrogen-bond donors (Lipinski definition) is 1. The Morgan fingerprint density at radius 3 is 2.60 bits per heavy atom. The highest BCUT2D eigenvalue weighted by atomic mass is 32.2. The summed E-state index contributed by atoms with van der Waals surface area (Å²) in [4.78, 5) is 0. The lowest BCUT2D eigenvalue weighted by Gasteiger charge is -2.37. The first-order chi connectivity index (χ1) is 9.67. The highest BCUT2D eigenvalue weighted by molar-refractivity contribution is 7.86. The van der Waals surface area contributed by atoms with Gasteiger partial charge >= 0.3 is 0 Å². The van der Waals surface area contributed by atoms with E-state index in [2.05, 4.69) is 26.1 Å². The van der Waals surface area contributed by atoms with Crippen molar-refractivity contribution in [2.45, 2.75) is 81.9 Å². The highest BCUT2D eigenvalue weighted by Crippen LogP contribution is 2.33. The van der Waals surface area contributed by atoms with Crippen molar-refractivity contribution in [2.24, 2.45) is 5.92 Å². The highest BCUT2D eigenvalue weighted by Gasteiger charge is 2.39. The second-order valence-corrected chi connectivity index (χ2v) is 8.29. The summed E-state index contributed by atoms with van der Waals surface area (Å²) in [5, 5.41) is 4.23. The summed E-state index contributed by atoms with van der Waals surface area (Å²) in [6.45, 7) is 8.39. The lowest BCUT2D eigenvalue weighted by atomic mass is 9.84. The molecule has 1 saturated carbocycles. The quantitative estimate of drug-likeness (QED) is 0.820. The van der Waals surface area contributed by atoms with Crippen molar-refractivity contribution in [1.29, 1.82) is 0 Å². The smallest absolute Gasteiger partial charge is 0.0691 e. The summed E-state index contributed by atoms with van der Waals surface area (Å²) in [5.74, 6) is 0.765. The lowest BCUT2D eigenvalue weighted by Crippen LogP contribution is -2.49. The molecule has 2 aliphatic rings. The van der Waals surface area contributed by atoms with Crippen molar-refractivity contribution < 1.29 is 8.95 Å². The van der Waals surface area contributed by atoms with E-state index in [1.807, 2.05) is 0 Å². The maximum absolute atomic E-state index is 13.0. The van der Waals surface area contributed by atoms with Crippen LogP contribution in [-0.2, 0) is 15.5 Å². The van der Waals surface area contributed by atoms with E-state index >= 15 is 0 Å². The average Bonchev–Trinajstić information content (AvgIpc) is 2.90. The van der Waals surface area contributed by atoms with Crippen LogP contribution in [0.15, 0.2) is 0 Å². The van der Waals surface area contributed by atoms with Crippen LogP contribution in [0.2, 0.25) is 0 Å². The summed E-state index contributed by atoms with van der Waals surface area (Å²) in [7, 11) is -0.755. The first-order valence-electron chi connectivity index (χ1n) is 8.41. The summed E-state index contributed by atoms with van der Waals surface area (Å²) >= 11 is 0. The minimum absolute atomic E-state index is 0.171. The summed E-state index contributed by atoms with van der Waals surface area (Å²) in [6.07, 6.45) is 7.14. The molecule has 1 saturated heterocycles. The molecule has 0 amide bonds. The van der Waals surface area contributed by atoms with Gasteiger partial charge in [-0.3, -0.25) is 4.21 Å². The molecule has 6 unspecified atom stereocenters. The van der Waals surface area contributed by atoms with Gasteiger partial charge in [0.05, 0.1) is 16.6 Å². The maximum atomic E-state index is 13.0. The normalized spacial score (nSPS) is 39.9. The molecule has 1 N–H and O–H groups in total. The van der Waals surface area contributed by atoms with Crippen molar-refractivity contribution in [3.63, 3.8) is 0 Å². The number of rotatable bonds is 6.